The maximum absolute atomic E-state index is 12.2. The van der Waals surface area contributed by atoms with Gasteiger partial charge in [-0.1, -0.05) is 30.3 Å². The molecular weight excluding hydrogens is 354 g/mol. The van der Waals surface area contributed by atoms with Crippen molar-refractivity contribution in [2.75, 3.05) is 5.73 Å². The molecule has 1 amide bonds. The van der Waals surface area contributed by atoms with Gasteiger partial charge in [-0.25, -0.2) is 0 Å². The summed E-state index contributed by atoms with van der Waals surface area (Å²) in [5.41, 5.74) is 14.6. The number of amides is 1. The summed E-state index contributed by atoms with van der Waals surface area (Å²) in [4.78, 5) is 28.6. The molecule has 0 fully saturated rings. The molecule has 7 nitrogen and oxygen atoms in total. The maximum Gasteiger partial charge on any atom is 0.250 e. The number of ketones is 1. The van der Waals surface area contributed by atoms with Gasteiger partial charge in [0.15, 0.2) is 11.8 Å². The molecule has 1 atom stereocenters. The largest absolute Gasteiger partial charge is 0.396 e. The number of nitrogens with two attached hydrogens (primary N) is 2. The summed E-state index contributed by atoms with van der Waals surface area (Å²) < 4.78 is 0. The van der Waals surface area contributed by atoms with Gasteiger partial charge >= 0.3 is 0 Å². The average molecular weight is 377 g/mol. The van der Waals surface area contributed by atoms with Gasteiger partial charge in [-0.2, -0.15) is 10.2 Å². The van der Waals surface area contributed by atoms with Crippen LogP contribution < -0.4 is 11.5 Å². The summed E-state index contributed by atoms with van der Waals surface area (Å²) in [7, 11) is 0. The molecule has 0 bridgehead atoms. The molecule has 0 aliphatic carbocycles. The zero-order valence-corrected chi connectivity index (χ0v) is 16.1. The Balaban J connectivity index is 2.05. The number of carbonyl (C=O) groups is 2. The molecule has 7 heteroatoms. The molecule has 3 rings (SSSR count). The first-order chi connectivity index (χ1) is 13.2. The van der Waals surface area contributed by atoms with Crippen molar-refractivity contribution in [1.29, 1.82) is 0 Å². The second kappa shape index (κ2) is 7.34. The smallest absolute Gasteiger partial charge is 0.250 e. The average Bonchev–Trinajstić information content (AvgIpc) is 2.61. The highest BCUT2D eigenvalue weighted by Crippen LogP contribution is 2.30. The Kier molecular flexibility index (Phi) is 5.09. The Morgan fingerprint density at radius 1 is 1.14 bits per heavy atom. The quantitative estimate of drug-likeness (QED) is 0.472. The van der Waals surface area contributed by atoms with Gasteiger partial charge in [-0.05, 0) is 44.9 Å². The summed E-state index contributed by atoms with van der Waals surface area (Å²) >= 11 is 0. The summed E-state index contributed by atoms with van der Waals surface area (Å²) in [5.74, 6) is -0.829. The fourth-order valence-corrected chi connectivity index (χ4v) is 3.34. The van der Waals surface area contributed by atoms with E-state index in [1.165, 1.54) is 6.92 Å². The van der Waals surface area contributed by atoms with Crippen LogP contribution in [0.25, 0.3) is 0 Å². The highest BCUT2D eigenvalue weighted by Gasteiger charge is 2.33. The van der Waals surface area contributed by atoms with E-state index in [-0.39, 0.29) is 17.0 Å². The second-order valence-corrected chi connectivity index (χ2v) is 7.46. The van der Waals surface area contributed by atoms with Crippen molar-refractivity contribution in [2.24, 2.45) is 21.0 Å². The summed E-state index contributed by atoms with van der Waals surface area (Å²) in [6.45, 7) is 5.41. The third-order valence-electron chi connectivity index (χ3n) is 4.61. The molecule has 2 aromatic rings. The third-order valence-corrected chi connectivity index (χ3v) is 4.61. The number of benzene rings is 2. The monoisotopic (exact) mass is 377 g/mol. The van der Waals surface area contributed by atoms with Crippen LogP contribution in [0, 0.1) is 0 Å². The highest BCUT2D eigenvalue weighted by atomic mass is 16.1. The first-order valence-electron chi connectivity index (χ1n) is 8.97. The van der Waals surface area contributed by atoms with Crippen molar-refractivity contribution in [3.63, 3.8) is 0 Å². The summed E-state index contributed by atoms with van der Waals surface area (Å²) in [6, 6.07) is 11.6. The van der Waals surface area contributed by atoms with Crippen molar-refractivity contribution < 1.29 is 9.59 Å². The van der Waals surface area contributed by atoms with Crippen LogP contribution in [0.2, 0.25) is 0 Å². The standard InChI is InChI=1S/C21H23N5O2/c1-12(27)14-9-6-10-16(17(14)22)25-26-19(20(23)28)18-15-8-5-4-7-13(15)11-21(2,3)24-18/h4-10,19H,11,22H2,1-3H3,(H2,23,28). The van der Waals surface area contributed by atoms with Crippen LogP contribution >= 0.6 is 0 Å². The summed E-state index contributed by atoms with van der Waals surface area (Å²) in [6.07, 6.45) is 0.753. The topological polar surface area (TPSA) is 123 Å². The van der Waals surface area contributed by atoms with E-state index in [1.54, 1.807) is 18.2 Å². The lowest BCUT2D eigenvalue weighted by Gasteiger charge is -2.30. The van der Waals surface area contributed by atoms with Crippen LogP contribution in [0.1, 0.15) is 42.3 Å². The van der Waals surface area contributed by atoms with Crippen LogP contribution in [0.15, 0.2) is 57.7 Å². The number of aliphatic imine (C=N–C) groups is 1. The number of carbonyl (C=O) groups excluding carboxylic acids is 2. The minimum atomic E-state index is -1.05. The van der Waals surface area contributed by atoms with Gasteiger partial charge < -0.3 is 11.5 Å². The minimum absolute atomic E-state index is 0.173. The number of anilines is 1. The molecule has 2 aromatic carbocycles. The van der Waals surface area contributed by atoms with E-state index < -0.39 is 11.9 Å². The molecule has 0 saturated carbocycles. The molecule has 1 heterocycles. The number of Topliss-reactive ketones (excluding diaryl/α,β-unsaturated/α-hetero) is 1. The van der Waals surface area contributed by atoms with E-state index in [1.807, 2.05) is 38.1 Å². The van der Waals surface area contributed by atoms with Crippen molar-refractivity contribution >= 4 is 28.8 Å². The fraction of sp³-hybridized carbons (Fsp3) is 0.286. The molecule has 0 spiro atoms. The van der Waals surface area contributed by atoms with Gasteiger partial charge in [0.1, 0.15) is 5.69 Å². The molecule has 0 aromatic heterocycles. The van der Waals surface area contributed by atoms with Gasteiger partial charge in [0, 0.05) is 11.1 Å². The number of para-hydroxylation sites is 1. The first kappa shape index (κ1) is 19.4. The van der Waals surface area contributed by atoms with Crippen LogP contribution in [-0.2, 0) is 11.2 Å². The maximum atomic E-state index is 12.2. The van der Waals surface area contributed by atoms with Crippen molar-refractivity contribution in [2.45, 2.75) is 38.8 Å². The van der Waals surface area contributed by atoms with E-state index in [0.717, 1.165) is 17.5 Å². The second-order valence-electron chi connectivity index (χ2n) is 7.46. The lowest BCUT2D eigenvalue weighted by atomic mass is 9.85. The third kappa shape index (κ3) is 3.83. The van der Waals surface area contributed by atoms with Crippen molar-refractivity contribution in [3.8, 4) is 0 Å². The van der Waals surface area contributed by atoms with Crippen LogP contribution in [0.5, 0.6) is 0 Å². The zero-order valence-electron chi connectivity index (χ0n) is 16.1. The number of azo groups is 1. The lowest BCUT2D eigenvalue weighted by molar-refractivity contribution is -0.117. The fourth-order valence-electron chi connectivity index (χ4n) is 3.34. The number of hydrogen-bond donors (Lipinski definition) is 2. The number of nitrogen functional groups attached to an aromatic ring is 1. The molecule has 4 N–H and O–H groups in total. The van der Waals surface area contributed by atoms with Crippen molar-refractivity contribution in [1.82, 2.24) is 0 Å². The number of nitrogens with zero attached hydrogens (tertiary/aromatic N) is 3. The first-order valence-corrected chi connectivity index (χ1v) is 8.97. The zero-order chi connectivity index (χ0) is 20.5. The SMILES string of the molecule is CC(=O)c1cccc(N=NC(C(N)=O)C2=NC(C)(C)Cc3ccccc32)c1N. The lowest BCUT2D eigenvalue weighted by Crippen LogP contribution is -2.40. The van der Waals surface area contributed by atoms with Crippen LogP contribution in [0.3, 0.4) is 0 Å². The van der Waals surface area contributed by atoms with Gasteiger partial charge in [-0.3, -0.25) is 14.6 Å². The molecule has 1 unspecified atom stereocenters. The molecule has 144 valence electrons. The number of hydrogen-bond acceptors (Lipinski definition) is 6. The van der Waals surface area contributed by atoms with Gasteiger partial charge in [0.05, 0.1) is 16.9 Å². The molecule has 1 aliphatic heterocycles. The predicted molar refractivity (Wildman–Crippen MR) is 109 cm³/mol. The molecular formula is C21H23N5O2. The summed E-state index contributed by atoms with van der Waals surface area (Å²) in [5, 5.41) is 8.30. The molecule has 0 radical (unpaired) electrons. The van der Waals surface area contributed by atoms with E-state index in [0.29, 0.717) is 17.0 Å². The van der Waals surface area contributed by atoms with Crippen LogP contribution in [0.4, 0.5) is 11.4 Å². The van der Waals surface area contributed by atoms with Crippen molar-refractivity contribution in [3.05, 3.63) is 59.2 Å². The Morgan fingerprint density at radius 3 is 2.54 bits per heavy atom. The molecule has 28 heavy (non-hydrogen) atoms. The minimum Gasteiger partial charge on any atom is -0.396 e. The highest BCUT2D eigenvalue weighted by molar-refractivity contribution is 6.17. The molecule has 1 aliphatic rings. The van der Waals surface area contributed by atoms with E-state index in [9.17, 15) is 9.59 Å². The van der Waals surface area contributed by atoms with Crippen LogP contribution in [-0.4, -0.2) is 29.0 Å². The van der Waals surface area contributed by atoms with E-state index in [2.05, 4.69) is 10.2 Å². The van der Waals surface area contributed by atoms with Gasteiger partial charge in [0.25, 0.3) is 0 Å². The van der Waals surface area contributed by atoms with Gasteiger partial charge in [-0.15, -0.1) is 0 Å². The normalized spacial score (nSPS) is 16.3. The number of rotatable bonds is 5. The van der Waals surface area contributed by atoms with E-state index >= 15 is 0 Å². The Bertz CT molecular complexity index is 1010. The number of primary amides is 1. The Hall–Kier alpha value is -3.35. The predicted octanol–water partition coefficient (Wildman–Crippen LogP) is 3.23. The van der Waals surface area contributed by atoms with E-state index in [4.69, 9.17) is 16.5 Å². The Labute approximate surface area is 163 Å². The Morgan fingerprint density at radius 2 is 1.86 bits per heavy atom. The van der Waals surface area contributed by atoms with Gasteiger partial charge in [0.2, 0.25) is 5.91 Å². The molecule has 0 saturated heterocycles. The number of fused-ring (bicyclic) bond motifs is 1.